The van der Waals surface area contributed by atoms with Crippen molar-refractivity contribution in [3.05, 3.63) is 167 Å². The number of nitrogens with one attached hydrogen (secondary N) is 3. The van der Waals surface area contributed by atoms with Crippen LogP contribution in [-0.2, 0) is 29.5 Å². The second-order valence-corrected chi connectivity index (χ2v) is 26.4. The Labute approximate surface area is 497 Å². The van der Waals surface area contributed by atoms with E-state index in [1.165, 1.54) is 35.6 Å². The highest BCUT2D eigenvalue weighted by Gasteiger charge is 2.31. The highest BCUT2D eigenvalue weighted by Crippen LogP contribution is 2.45. The van der Waals surface area contributed by atoms with Gasteiger partial charge in [-0.1, -0.05) is 60.7 Å². The number of carbonyl (C=O) groups is 2. The number of carbonyl (C=O) groups excluding carboxylic acids is 2. The maximum absolute atomic E-state index is 14.9. The van der Waals surface area contributed by atoms with E-state index in [-0.39, 0.29) is 45.0 Å². The van der Waals surface area contributed by atoms with Crippen molar-refractivity contribution in [1.82, 2.24) is 19.4 Å². The lowest BCUT2D eigenvalue weighted by Gasteiger charge is -2.29. The van der Waals surface area contributed by atoms with E-state index >= 15 is 0 Å². The first-order valence-electron chi connectivity index (χ1n) is 28.4. The van der Waals surface area contributed by atoms with Crippen molar-refractivity contribution in [2.45, 2.75) is 89.2 Å². The Hall–Kier alpha value is -8.20. The number of sulfonamides is 2. The molecule has 0 aliphatic carbocycles. The minimum Gasteiger partial charge on any atom is -0.490 e. The monoisotopic (exact) mass is 1200 g/mol. The summed E-state index contributed by atoms with van der Waals surface area (Å²) in [6.45, 7) is 14.1. The number of hydrogen-bond acceptors (Lipinski definition) is 15. The van der Waals surface area contributed by atoms with Gasteiger partial charge in [0.25, 0.3) is 31.9 Å². The lowest BCUT2D eigenvalue weighted by molar-refractivity contribution is 0.0243. The third kappa shape index (κ3) is 11.3. The van der Waals surface area contributed by atoms with Crippen LogP contribution < -0.4 is 24.2 Å². The number of anilines is 2. The van der Waals surface area contributed by atoms with Gasteiger partial charge in [0.2, 0.25) is 0 Å². The maximum Gasteiger partial charge on any atom is 0.265 e. The van der Waals surface area contributed by atoms with Crippen LogP contribution in [0, 0.1) is 39.5 Å². The van der Waals surface area contributed by atoms with E-state index in [2.05, 4.69) is 14.8 Å². The molecule has 2 saturated heterocycles. The number of pyridine rings is 2. The fraction of sp³-hybridized carbons (Fsp3) is 0.273. The molecule has 10 aromatic rings. The number of thiophene rings is 1. The van der Waals surface area contributed by atoms with Crippen LogP contribution in [0.2, 0.25) is 0 Å². The Morgan fingerprint density at radius 1 is 0.576 bits per heavy atom. The molecule has 2 aliphatic rings. The molecular formula is C66H63N5O11S3. The van der Waals surface area contributed by atoms with E-state index in [4.69, 9.17) is 33.3 Å². The molecule has 436 valence electrons. The van der Waals surface area contributed by atoms with Crippen molar-refractivity contribution in [3.8, 4) is 33.5 Å². The highest BCUT2D eigenvalue weighted by atomic mass is 32.2. The average molecular weight is 1200 g/mol. The van der Waals surface area contributed by atoms with Gasteiger partial charge in [-0.05, 0) is 169 Å². The Morgan fingerprint density at radius 2 is 1.11 bits per heavy atom. The first kappa shape index (κ1) is 57.2. The molecule has 4 aromatic heterocycles. The van der Waals surface area contributed by atoms with E-state index in [1.54, 1.807) is 54.6 Å². The molecule has 0 spiro atoms. The number of ether oxygens (including phenoxy) is 4. The summed E-state index contributed by atoms with van der Waals surface area (Å²) in [7, 11) is -8.85. The van der Waals surface area contributed by atoms with Crippen LogP contribution in [0.1, 0.15) is 82.5 Å². The molecule has 16 nitrogen and oxygen atoms in total. The van der Waals surface area contributed by atoms with Gasteiger partial charge in [-0.25, -0.2) is 36.2 Å². The van der Waals surface area contributed by atoms with Crippen molar-refractivity contribution < 1.29 is 49.8 Å². The lowest BCUT2D eigenvalue weighted by Crippen LogP contribution is -2.31. The highest BCUT2D eigenvalue weighted by molar-refractivity contribution is 7.90. The largest absolute Gasteiger partial charge is 0.490 e. The van der Waals surface area contributed by atoms with Gasteiger partial charge in [0.05, 0.1) is 65.5 Å². The number of rotatable bonds is 16. The molecule has 85 heavy (non-hydrogen) atoms. The van der Waals surface area contributed by atoms with Crippen molar-refractivity contribution >= 4 is 97.4 Å². The van der Waals surface area contributed by atoms with Crippen LogP contribution >= 0.6 is 11.3 Å². The smallest absolute Gasteiger partial charge is 0.265 e. The number of furan rings is 1. The number of amides is 2. The first-order valence-corrected chi connectivity index (χ1v) is 32.2. The predicted molar refractivity (Wildman–Crippen MR) is 331 cm³/mol. The van der Waals surface area contributed by atoms with E-state index in [0.717, 1.165) is 68.3 Å². The summed E-state index contributed by atoms with van der Waals surface area (Å²) >= 11 is 1.44. The second kappa shape index (κ2) is 23.3. The molecule has 0 radical (unpaired) electrons. The average Bonchev–Trinajstić information content (AvgIpc) is 2.47. The van der Waals surface area contributed by atoms with Gasteiger partial charge in [-0.2, -0.15) is 0 Å². The molecule has 2 fully saturated rings. The molecule has 3 N–H and O–H groups in total. The Bertz CT molecular complexity index is 4490. The molecule has 2 aliphatic heterocycles. The number of para-hydroxylation sites is 1. The van der Waals surface area contributed by atoms with Crippen LogP contribution in [0.15, 0.2) is 148 Å². The Balaban J connectivity index is 0.882. The van der Waals surface area contributed by atoms with Crippen LogP contribution in [0.25, 0.3) is 64.9 Å². The van der Waals surface area contributed by atoms with E-state index in [9.17, 15) is 26.4 Å². The van der Waals surface area contributed by atoms with Gasteiger partial charge in [0, 0.05) is 58.8 Å². The quantitative estimate of drug-likeness (QED) is 0.0821. The Morgan fingerprint density at radius 3 is 1.71 bits per heavy atom. The molecule has 2 atom stereocenters. The zero-order chi connectivity index (χ0) is 59.3. The van der Waals surface area contributed by atoms with Gasteiger partial charge >= 0.3 is 0 Å². The summed E-state index contributed by atoms with van der Waals surface area (Å²) in [6, 6.07) is 37.8. The number of nitrogens with zero attached hydrogens (tertiary/aromatic N) is 2. The Kier molecular flexibility index (Phi) is 15.7. The molecule has 0 bridgehead atoms. The molecule has 6 heterocycles. The van der Waals surface area contributed by atoms with Crippen LogP contribution in [-0.4, -0.2) is 77.3 Å². The molecule has 2 amide bonds. The SMILES string of the molecule is Cc1c(-c2cc(C(=O)NS(=O)(=O)c3cccc(Nc4cccc5sc(-c6cc(C(=O)NS(=O)(=O)c7ccccc7)c7c(O[C@H](C)C8CCOCC8)ccc(C)c7n6)c(C)c45)c3)c3c(O[C@H](C)C4CCOCC4)ccc(C)c3n2)oc2ccccc12. The van der Waals surface area contributed by atoms with E-state index < -0.39 is 31.9 Å². The van der Waals surface area contributed by atoms with Crippen LogP contribution in [0.3, 0.4) is 0 Å². The molecule has 19 heteroatoms. The molecule has 0 saturated carbocycles. The summed E-state index contributed by atoms with van der Waals surface area (Å²) in [5, 5.41) is 5.90. The normalized spacial score (nSPS) is 15.3. The third-order valence-electron chi connectivity index (χ3n) is 16.4. The van der Waals surface area contributed by atoms with Crippen molar-refractivity contribution in [2.24, 2.45) is 11.8 Å². The van der Waals surface area contributed by atoms with Gasteiger partial charge < -0.3 is 28.7 Å². The molecular weight excluding hydrogens is 1130 g/mol. The van der Waals surface area contributed by atoms with Gasteiger partial charge in [-0.15, -0.1) is 11.3 Å². The standard InChI is InChI=1S/C66H63N5O11S3/c1-37-22-24-55(80-41(5)43-26-30-78-31-27-43)59-49(35-52(68-61(37)59)63-39(3)48-18-10-11-20-54(48)82-63)65(72)71-85(76,77)47-17-12-14-45(34-47)67-51-19-13-21-57-58(51)40(4)64(83-57)53-36-50(66(73)70-84(74,75)46-15-8-7-9-16-46)60-56(25-23-38(2)62(60)69-53)81-42(6)44-28-32-79-33-29-44/h7-25,34-36,41-44,67H,26-33H2,1-6H3,(H,70,73)(H,71,72)/t41-,42-/m1/s1. The summed E-state index contributed by atoms with van der Waals surface area (Å²) < 4.78 is 93.3. The topological polar surface area (TPSA) is 214 Å². The summed E-state index contributed by atoms with van der Waals surface area (Å²) in [5.74, 6) is -0.0722. The lowest BCUT2D eigenvalue weighted by atomic mass is 9.94. The number of aryl methyl sites for hydroxylation is 4. The zero-order valence-electron chi connectivity index (χ0n) is 47.8. The number of benzene rings is 6. The fourth-order valence-electron chi connectivity index (χ4n) is 11.7. The minimum absolute atomic E-state index is 0.0426. The second-order valence-electron chi connectivity index (χ2n) is 22.0. The fourth-order valence-corrected chi connectivity index (χ4v) is 14.9. The van der Waals surface area contributed by atoms with E-state index in [0.29, 0.717) is 93.8 Å². The van der Waals surface area contributed by atoms with Crippen molar-refractivity contribution in [2.75, 3.05) is 31.7 Å². The predicted octanol–water partition coefficient (Wildman–Crippen LogP) is 13.7. The van der Waals surface area contributed by atoms with Crippen LogP contribution in [0.4, 0.5) is 11.4 Å². The van der Waals surface area contributed by atoms with Gasteiger partial charge in [-0.3, -0.25) is 9.59 Å². The van der Waals surface area contributed by atoms with Gasteiger partial charge in [0.15, 0.2) is 5.76 Å². The molecule has 6 aromatic carbocycles. The van der Waals surface area contributed by atoms with Crippen molar-refractivity contribution in [3.63, 3.8) is 0 Å². The number of hydrogen-bond donors (Lipinski definition) is 3. The number of aromatic nitrogens is 2. The first-order chi connectivity index (χ1) is 40.9. The zero-order valence-corrected chi connectivity index (χ0v) is 50.2. The van der Waals surface area contributed by atoms with Crippen LogP contribution in [0.5, 0.6) is 11.5 Å². The molecule has 12 rings (SSSR count). The maximum atomic E-state index is 14.9. The van der Waals surface area contributed by atoms with Crippen molar-refractivity contribution in [1.29, 1.82) is 0 Å². The van der Waals surface area contributed by atoms with Gasteiger partial charge in [0.1, 0.15) is 22.8 Å². The minimum atomic E-state index is -4.55. The van der Waals surface area contributed by atoms with E-state index in [1.807, 2.05) is 96.1 Å². The number of fused-ring (bicyclic) bond motifs is 4. The third-order valence-corrected chi connectivity index (χ3v) is 20.4. The summed E-state index contributed by atoms with van der Waals surface area (Å²) in [5.41, 5.74) is 6.66. The summed E-state index contributed by atoms with van der Waals surface area (Å²) in [4.78, 5) is 40.3. The molecule has 0 unspecified atom stereocenters. The summed E-state index contributed by atoms with van der Waals surface area (Å²) in [6.07, 6.45) is 2.76.